The van der Waals surface area contributed by atoms with Gasteiger partial charge in [0, 0.05) is 17.7 Å². The Morgan fingerprint density at radius 1 is 1.29 bits per heavy atom. The maximum absolute atomic E-state index is 10.8. The molecule has 3 N–H and O–H groups in total. The topological polar surface area (TPSA) is 90.4 Å². The second kappa shape index (κ2) is 6.83. The molecule has 6 nitrogen and oxygen atoms in total. The minimum Gasteiger partial charge on any atom is -0.369 e. The van der Waals surface area contributed by atoms with Crippen molar-refractivity contribution in [1.82, 2.24) is 0 Å². The highest BCUT2D eigenvalue weighted by molar-refractivity contribution is 5.55. The molecule has 21 heavy (non-hydrogen) atoms. The average Bonchev–Trinajstić information content (AvgIpc) is 2.53. The van der Waals surface area contributed by atoms with Crippen LogP contribution in [-0.4, -0.2) is 4.92 Å². The Morgan fingerprint density at radius 3 is 2.62 bits per heavy atom. The van der Waals surface area contributed by atoms with Gasteiger partial charge in [0.1, 0.15) is 0 Å². The zero-order valence-electron chi connectivity index (χ0n) is 11.7. The fourth-order valence-corrected chi connectivity index (χ4v) is 1.99. The van der Waals surface area contributed by atoms with Crippen molar-refractivity contribution < 1.29 is 9.66 Å². The highest BCUT2D eigenvalue weighted by Gasteiger charge is 2.12. The molecule has 0 aromatic heterocycles. The lowest BCUT2D eigenvalue weighted by atomic mass is 10.1. The van der Waals surface area contributed by atoms with Gasteiger partial charge in [-0.3, -0.25) is 16.0 Å². The molecule has 110 valence electrons. The van der Waals surface area contributed by atoms with Crippen molar-refractivity contribution in [3.05, 3.63) is 69.8 Å². The van der Waals surface area contributed by atoms with Gasteiger partial charge in [0.15, 0.2) is 0 Å². The van der Waals surface area contributed by atoms with Crippen LogP contribution in [0.1, 0.15) is 24.2 Å². The van der Waals surface area contributed by atoms with Crippen molar-refractivity contribution in [1.29, 1.82) is 0 Å². The smallest absolute Gasteiger partial charge is 0.269 e. The van der Waals surface area contributed by atoms with Gasteiger partial charge in [0.05, 0.1) is 23.3 Å². The molecule has 0 heterocycles. The van der Waals surface area contributed by atoms with E-state index in [-0.39, 0.29) is 18.4 Å². The van der Waals surface area contributed by atoms with Crippen LogP contribution in [0.4, 0.5) is 11.4 Å². The molecule has 0 aliphatic rings. The van der Waals surface area contributed by atoms with E-state index in [0.717, 1.165) is 5.56 Å². The molecule has 0 saturated heterocycles. The molecule has 0 spiro atoms. The Balaban J connectivity index is 2.11. The second-order valence-electron chi connectivity index (χ2n) is 4.61. The Morgan fingerprint density at radius 2 is 2.00 bits per heavy atom. The summed E-state index contributed by atoms with van der Waals surface area (Å²) in [7, 11) is 0. The van der Waals surface area contributed by atoms with Gasteiger partial charge in [-0.25, -0.2) is 0 Å². The van der Waals surface area contributed by atoms with E-state index >= 15 is 0 Å². The number of nitro groups is 1. The van der Waals surface area contributed by atoms with Crippen molar-refractivity contribution in [2.75, 3.05) is 5.43 Å². The number of ether oxygens (including phenoxy) is 1. The summed E-state index contributed by atoms with van der Waals surface area (Å²) >= 11 is 0. The Labute approximate surface area is 122 Å². The average molecular weight is 287 g/mol. The van der Waals surface area contributed by atoms with Crippen LogP contribution in [0.5, 0.6) is 0 Å². The van der Waals surface area contributed by atoms with Crippen molar-refractivity contribution in [3.63, 3.8) is 0 Å². The van der Waals surface area contributed by atoms with Crippen LogP contribution in [0, 0.1) is 10.1 Å². The van der Waals surface area contributed by atoms with Crippen LogP contribution in [0.2, 0.25) is 0 Å². The number of non-ortho nitro benzene ring substituents is 1. The summed E-state index contributed by atoms with van der Waals surface area (Å²) in [6, 6.07) is 14.2. The molecular formula is C15H17N3O3. The first kappa shape index (κ1) is 15.0. The normalized spacial score (nSPS) is 11.9. The monoisotopic (exact) mass is 287 g/mol. The molecule has 1 atom stereocenters. The lowest BCUT2D eigenvalue weighted by Crippen LogP contribution is -2.11. The number of nitrogens with zero attached hydrogens (tertiary/aromatic N) is 1. The number of anilines is 1. The van der Waals surface area contributed by atoms with Gasteiger partial charge < -0.3 is 10.2 Å². The first-order valence-corrected chi connectivity index (χ1v) is 6.52. The Hall–Kier alpha value is -2.44. The molecule has 0 saturated carbocycles. The fraction of sp³-hybridized carbons (Fsp3) is 0.200. The molecule has 1 unspecified atom stereocenters. The van der Waals surface area contributed by atoms with Gasteiger partial charge in [-0.15, -0.1) is 0 Å². The summed E-state index contributed by atoms with van der Waals surface area (Å²) in [5.41, 5.74) is 4.84. The molecule has 0 aliphatic carbocycles. The van der Waals surface area contributed by atoms with Crippen LogP contribution < -0.4 is 11.3 Å². The van der Waals surface area contributed by atoms with E-state index in [2.05, 4.69) is 5.43 Å². The molecule has 0 bridgehead atoms. The summed E-state index contributed by atoms with van der Waals surface area (Å²) in [6.45, 7) is 2.17. The number of nitrogens with one attached hydrogen (secondary N) is 1. The largest absolute Gasteiger partial charge is 0.369 e. The van der Waals surface area contributed by atoms with Crippen molar-refractivity contribution in [2.45, 2.75) is 19.6 Å². The number of hydrazine groups is 1. The van der Waals surface area contributed by atoms with E-state index in [9.17, 15) is 10.1 Å². The van der Waals surface area contributed by atoms with E-state index in [4.69, 9.17) is 10.6 Å². The molecule has 0 radical (unpaired) electrons. The van der Waals surface area contributed by atoms with Crippen molar-refractivity contribution in [2.24, 2.45) is 5.84 Å². The van der Waals surface area contributed by atoms with E-state index in [1.54, 1.807) is 6.07 Å². The van der Waals surface area contributed by atoms with Crippen LogP contribution in [-0.2, 0) is 11.3 Å². The van der Waals surface area contributed by atoms with E-state index in [1.165, 1.54) is 12.1 Å². The second-order valence-corrected chi connectivity index (χ2v) is 4.61. The zero-order chi connectivity index (χ0) is 15.2. The summed E-state index contributed by atoms with van der Waals surface area (Å²) in [4.78, 5) is 10.4. The third-order valence-electron chi connectivity index (χ3n) is 3.21. The van der Waals surface area contributed by atoms with Crippen molar-refractivity contribution >= 4 is 11.4 Å². The quantitative estimate of drug-likeness (QED) is 0.484. The number of hydrogen-bond acceptors (Lipinski definition) is 5. The van der Waals surface area contributed by atoms with Gasteiger partial charge in [0.25, 0.3) is 5.69 Å². The molecule has 2 aromatic carbocycles. The molecule has 2 aromatic rings. The van der Waals surface area contributed by atoms with Gasteiger partial charge >= 0.3 is 0 Å². The predicted octanol–water partition coefficient (Wildman–Crippen LogP) is 3.16. The Kier molecular flexibility index (Phi) is 4.86. The number of hydrogen-bond donors (Lipinski definition) is 2. The van der Waals surface area contributed by atoms with E-state index in [0.29, 0.717) is 11.3 Å². The maximum Gasteiger partial charge on any atom is 0.269 e. The van der Waals surface area contributed by atoms with E-state index in [1.807, 2.05) is 37.3 Å². The van der Waals surface area contributed by atoms with Crippen LogP contribution in [0.3, 0.4) is 0 Å². The summed E-state index contributed by atoms with van der Waals surface area (Å²) < 4.78 is 5.77. The van der Waals surface area contributed by atoms with Gasteiger partial charge in [-0.05, 0) is 18.6 Å². The molecule has 2 rings (SSSR count). The molecule has 6 heteroatoms. The van der Waals surface area contributed by atoms with Gasteiger partial charge in [-0.2, -0.15) is 0 Å². The first-order chi connectivity index (χ1) is 10.1. The summed E-state index contributed by atoms with van der Waals surface area (Å²) in [5, 5.41) is 10.8. The molecular weight excluding hydrogens is 270 g/mol. The highest BCUT2D eigenvalue weighted by atomic mass is 16.6. The molecule has 0 amide bonds. The lowest BCUT2D eigenvalue weighted by Gasteiger charge is -2.15. The number of rotatable bonds is 6. The standard InChI is InChI=1S/C15H17N3O3/c1-11(12-5-3-2-4-6-12)21-10-13-9-14(18(19)20)7-8-15(13)17-16/h2-9,11,17H,10,16H2,1H3. The predicted molar refractivity (Wildman–Crippen MR) is 80.6 cm³/mol. The number of nitrogen functional groups attached to an aromatic ring is 1. The minimum absolute atomic E-state index is 0.0139. The summed E-state index contributed by atoms with van der Waals surface area (Å²) in [6.07, 6.45) is -0.115. The van der Waals surface area contributed by atoms with Crippen LogP contribution in [0.15, 0.2) is 48.5 Å². The third kappa shape index (κ3) is 3.77. The number of benzene rings is 2. The van der Waals surface area contributed by atoms with E-state index < -0.39 is 4.92 Å². The van der Waals surface area contributed by atoms with Crippen LogP contribution in [0.25, 0.3) is 0 Å². The van der Waals surface area contributed by atoms with Gasteiger partial charge in [0.2, 0.25) is 0 Å². The van der Waals surface area contributed by atoms with Crippen LogP contribution >= 0.6 is 0 Å². The summed E-state index contributed by atoms with van der Waals surface area (Å²) in [5.74, 6) is 5.42. The van der Waals surface area contributed by atoms with Gasteiger partial charge in [-0.1, -0.05) is 30.3 Å². The number of nitro benzene ring substituents is 1. The zero-order valence-corrected chi connectivity index (χ0v) is 11.7. The maximum atomic E-state index is 10.8. The van der Waals surface area contributed by atoms with Crippen molar-refractivity contribution in [3.8, 4) is 0 Å². The first-order valence-electron chi connectivity index (χ1n) is 6.52. The fourth-order valence-electron chi connectivity index (χ4n) is 1.99. The minimum atomic E-state index is -0.440. The highest BCUT2D eigenvalue weighted by Crippen LogP contribution is 2.25. The third-order valence-corrected chi connectivity index (χ3v) is 3.21. The molecule has 0 aliphatic heterocycles. The SMILES string of the molecule is CC(OCc1cc([N+](=O)[O-])ccc1NN)c1ccccc1. The Bertz CT molecular complexity index is 617. The lowest BCUT2D eigenvalue weighted by molar-refractivity contribution is -0.384. The number of nitrogens with two attached hydrogens (primary N) is 1. The molecule has 0 fully saturated rings.